The number of hydrogen-bond acceptors (Lipinski definition) is 2. The van der Waals surface area contributed by atoms with E-state index in [1.807, 2.05) is 0 Å². The van der Waals surface area contributed by atoms with Crippen LogP contribution in [-0.2, 0) is 9.59 Å². The maximum Gasteiger partial charge on any atom is 0.128 e. The molecule has 0 spiro atoms. The van der Waals surface area contributed by atoms with Gasteiger partial charge in [0.25, 0.3) is 0 Å². The van der Waals surface area contributed by atoms with E-state index < -0.39 is 0 Å². The first-order valence-corrected chi connectivity index (χ1v) is 2.02. The van der Waals surface area contributed by atoms with Crippen molar-refractivity contribution in [3.63, 3.8) is 0 Å². The summed E-state index contributed by atoms with van der Waals surface area (Å²) in [6.45, 7) is 0. The SMILES string of the molecule is O=C[C]CCC=O. The third-order valence-corrected chi connectivity index (χ3v) is 0.490. The smallest absolute Gasteiger partial charge is 0.128 e. The second-order valence-corrected chi connectivity index (χ2v) is 1.03. The summed E-state index contributed by atoms with van der Waals surface area (Å²) in [6.07, 6.45) is 4.52. The van der Waals surface area contributed by atoms with Crippen molar-refractivity contribution in [3.8, 4) is 0 Å². The van der Waals surface area contributed by atoms with Crippen molar-refractivity contribution in [2.24, 2.45) is 0 Å². The Kier molecular flexibility index (Phi) is 4.84. The van der Waals surface area contributed by atoms with Gasteiger partial charge in [0.15, 0.2) is 0 Å². The fraction of sp³-hybridized carbons (Fsp3) is 0.400. The van der Waals surface area contributed by atoms with Crippen LogP contribution < -0.4 is 0 Å². The lowest BCUT2D eigenvalue weighted by Gasteiger charge is -1.77. The first kappa shape index (κ1) is 6.34. The fourth-order valence-corrected chi connectivity index (χ4v) is 0.201. The van der Waals surface area contributed by atoms with Crippen LogP contribution in [-0.4, -0.2) is 12.6 Å². The summed E-state index contributed by atoms with van der Waals surface area (Å²) >= 11 is 0. The largest absolute Gasteiger partial charge is 0.303 e. The van der Waals surface area contributed by atoms with Crippen LogP contribution >= 0.6 is 0 Å². The average molecular weight is 98.1 g/mol. The third-order valence-electron chi connectivity index (χ3n) is 0.490. The lowest BCUT2D eigenvalue weighted by atomic mass is 10.3. The lowest BCUT2D eigenvalue weighted by molar-refractivity contribution is -0.107. The molecule has 0 aliphatic carbocycles. The highest BCUT2D eigenvalue weighted by atomic mass is 16.1. The van der Waals surface area contributed by atoms with Crippen LogP contribution in [0.5, 0.6) is 0 Å². The summed E-state index contributed by atoms with van der Waals surface area (Å²) in [5, 5.41) is 0. The molecule has 0 atom stereocenters. The van der Waals surface area contributed by atoms with Gasteiger partial charge in [0.2, 0.25) is 0 Å². The van der Waals surface area contributed by atoms with Crippen molar-refractivity contribution in [2.45, 2.75) is 12.8 Å². The number of aldehydes is 2. The van der Waals surface area contributed by atoms with Gasteiger partial charge < -0.3 is 9.59 Å². The molecule has 0 aromatic carbocycles. The Hall–Kier alpha value is -0.660. The maximum atomic E-state index is 9.52. The van der Waals surface area contributed by atoms with Crippen LogP contribution in [0.2, 0.25) is 0 Å². The molecule has 0 aromatic heterocycles. The van der Waals surface area contributed by atoms with Gasteiger partial charge in [-0.3, -0.25) is 0 Å². The molecule has 2 heteroatoms. The minimum atomic E-state index is 0.402. The minimum absolute atomic E-state index is 0.402. The monoisotopic (exact) mass is 98.0 g/mol. The Labute approximate surface area is 42.5 Å². The number of hydrogen-bond donors (Lipinski definition) is 0. The van der Waals surface area contributed by atoms with Gasteiger partial charge in [-0.1, -0.05) is 0 Å². The van der Waals surface area contributed by atoms with Crippen molar-refractivity contribution in [2.75, 3.05) is 0 Å². The molecule has 0 aromatic rings. The van der Waals surface area contributed by atoms with E-state index in [2.05, 4.69) is 6.42 Å². The van der Waals surface area contributed by atoms with Crippen molar-refractivity contribution >= 4 is 12.6 Å². The highest BCUT2D eigenvalue weighted by molar-refractivity contribution is 5.62. The summed E-state index contributed by atoms with van der Waals surface area (Å²) in [4.78, 5) is 19.0. The van der Waals surface area contributed by atoms with Crippen LogP contribution in [0.1, 0.15) is 12.8 Å². The van der Waals surface area contributed by atoms with Gasteiger partial charge in [-0.25, -0.2) is 0 Å². The molecule has 0 aliphatic heterocycles. The third kappa shape index (κ3) is 5.34. The molecule has 0 heterocycles. The second kappa shape index (κ2) is 5.34. The zero-order chi connectivity index (χ0) is 5.54. The van der Waals surface area contributed by atoms with Gasteiger partial charge in [-0.2, -0.15) is 0 Å². The summed E-state index contributed by atoms with van der Waals surface area (Å²) in [5.74, 6) is 0. The molecule has 0 aliphatic rings. The molecular weight excluding hydrogens is 92.1 g/mol. The van der Waals surface area contributed by atoms with Crippen molar-refractivity contribution in [1.29, 1.82) is 0 Å². The Bertz CT molecular complexity index is 51.1. The van der Waals surface area contributed by atoms with Crippen LogP contribution in [0.3, 0.4) is 0 Å². The number of rotatable bonds is 4. The van der Waals surface area contributed by atoms with Crippen molar-refractivity contribution < 1.29 is 9.59 Å². The van der Waals surface area contributed by atoms with E-state index in [0.29, 0.717) is 19.1 Å². The van der Waals surface area contributed by atoms with Gasteiger partial charge in [0.05, 0.1) is 6.42 Å². The number of carbonyl (C=O) groups excluding carboxylic acids is 2. The zero-order valence-electron chi connectivity index (χ0n) is 3.89. The molecule has 7 heavy (non-hydrogen) atoms. The molecule has 0 rings (SSSR count). The quantitative estimate of drug-likeness (QED) is 0.373. The number of unbranched alkanes of at least 4 members (excludes halogenated alkanes) is 2. The first-order chi connectivity index (χ1) is 3.41. The summed E-state index contributed by atoms with van der Waals surface area (Å²) in [5.41, 5.74) is 0. The topological polar surface area (TPSA) is 34.1 Å². The zero-order valence-corrected chi connectivity index (χ0v) is 3.89. The van der Waals surface area contributed by atoms with E-state index in [0.717, 1.165) is 6.29 Å². The van der Waals surface area contributed by atoms with E-state index in [1.54, 1.807) is 0 Å². The van der Waals surface area contributed by atoms with Crippen LogP contribution in [0.4, 0.5) is 0 Å². The maximum absolute atomic E-state index is 9.52. The molecule has 0 saturated carbocycles. The van der Waals surface area contributed by atoms with Gasteiger partial charge in [-0.05, 0) is 6.42 Å². The first-order valence-electron chi connectivity index (χ1n) is 2.02. The van der Waals surface area contributed by atoms with Gasteiger partial charge >= 0.3 is 0 Å². The predicted molar refractivity (Wildman–Crippen MR) is 24.6 cm³/mol. The van der Waals surface area contributed by atoms with Crippen LogP contribution in [0, 0.1) is 6.42 Å². The molecule has 38 valence electrons. The Morgan fingerprint density at radius 3 is 2.57 bits per heavy atom. The van der Waals surface area contributed by atoms with E-state index in [4.69, 9.17) is 0 Å². The molecule has 2 nitrogen and oxygen atoms in total. The lowest BCUT2D eigenvalue weighted by Crippen LogP contribution is -1.77. The highest BCUT2D eigenvalue weighted by Gasteiger charge is 1.81. The summed E-state index contributed by atoms with van der Waals surface area (Å²) < 4.78 is 0. The molecular formula is C5H6O2. The van der Waals surface area contributed by atoms with Gasteiger partial charge in [-0.15, -0.1) is 0 Å². The van der Waals surface area contributed by atoms with E-state index in [1.165, 1.54) is 0 Å². The summed E-state index contributed by atoms with van der Waals surface area (Å²) in [7, 11) is 0. The highest BCUT2D eigenvalue weighted by Crippen LogP contribution is 1.84. The standard InChI is InChI=1S/C5H6O2/c6-4-2-1-3-5-7/h4-5H,1-2H2. The molecule has 2 radical (unpaired) electrons. The minimum Gasteiger partial charge on any atom is -0.303 e. The van der Waals surface area contributed by atoms with E-state index in [-0.39, 0.29) is 0 Å². The van der Waals surface area contributed by atoms with Crippen molar-refractivity contribution in [3.05, 3.63) is 6.42 Å². The number of carbonyl (C=O) groups is 2. The average Bonchev–Trinajstić information content (AvgIpc) is 1.69. The van der Waals surface area contributed by atoms with Gasteiger partial charge in [0.1, 0.15) is 12.6 Å². The second-order valence-electron chi connectivity index (χ2n) is 1.03. The predicted octanol–water partition coefficient (Wildman–Crippen LogP) is 0.246. The van der Waals surface area contributed by atoms with E-state index in [9.17, 15) is 9.59 Å². The van der Waals surface area contributed by atoms with Crippen molar-refractivity contribution in [1.82, 2.24) is 0 Å². The van der Waals surface area contributed by atoms with Gasteiger partial charge in [0, 0.05) is 6.42 Å². The molecule has 0 fully saturated rings. The Balaban J connectivity index is 2.68. The van der Waals surface area contributed by atoms with E-state index >= 15 is 0 Å². The molecule has 0 bridgehead atoms. The fourth-order valence-electron chi connectivity index (χ4n) is 0.201. The van der Waals surface area contributed by atoms with Crippen LogP contribution in [0.25, 0.3) is 0 Å². The molecule has 0 N–H and O–H groups in total. The molecule has 0 amide bonds. The molecule has 0 unspecified atom stereocenters. The summed E-state index contributed by atoms with van der Waals surface area (Å²) in [6, 6.07) is 0. The Morgan fingerprint density at radius 1 is 1.43 bits per heavy atom. The normalized spacial score (nSPS) is 8.00. The van der Waals surface area contributed by atoms with Crippen LogP contribution in [0.15, 0.2) is 0 Å². The Morgan fingerprint density at radius 2 is 2.14 bits per heavy atom. The molecule has 0 saturated heterocycles.